The summed E-state index contributed by atoms with van der Waals surface area (Å²) in [5.74, 6) is -0.294. The number of hydrogen-bond donors (Lipinski definition) is 1. The van der Waals surface area contributed by atoms with Crippen molar-refractivity contribution in [3.05, 3.63) is 36.3 Å². The van der Waals surface area contributed by atoms with E-state index in [0.717, 1.165) is 5.65 Å². The molecule has 2 aromatic heterocycles. The normalized spacial score (nSPS) is 12.6. The molecule has 0 amide bonds. The summed E-state index contributed by atoms with van der Waals surface area (Å²) in [6.07, 6.45) is 3.87. The molecule has 1 unspecified atom stereocenters. The molecule has 5 heteroatoms. The van der Waals surface area contributed by atoms with Crippen LogP contribution in [0.1, 0.15) is 25.1 Å². The Kier molecular flexibility index (Phi) is 3.39. The van der Waals surface area contributed by atoms with Gasteiger partial charge in [-0.15, -0.1) is 0 Å². The first-order valence-corrected chi connectivity index (χ1v) is 5.55. The fourth-order valence-electron chi connectivity index (χ4n) is 1.64. The number of ether oxygens (including phenoxy) is 1. The third-order valence-electron chi connectivity index (χ3n) is 2.45. The van der Waals surface area contributed by atoms with Gasteiger partial charge in [-0.2, -0.15) is 0 Å². The summed E-state index contributed by atoms with van der Waals surface area (Å²) >= 11 is 0. The minimum atomic E-state index is -0.422. The Morgan fingerprint density at radius 3 is 3.12 bits per heavy atom. The van der Waals surface area contributed by atoms with Crippen LogP contribution in [0.4, 0.5) is 0 Å². The third kappa shape index (κ3) is 2.62. The smallest absolute Gasteiger partial charge is 0.307 e. The fraction of sp³-hybridized carbons (Fsp3) is 0.333. The number of aromatic nitrogens is 2. The predicted molar refractivity (Wildman–Crippen MR) is 63.4 cm³/mol. The van der Waals surface area contributed by atoms with Crippen molar-refractivity contribution in [2.45, 2.75) is 19.4 Å². The van der Waals surface area contributed by atoms with Gasteiger partial charge in [0, 0.05) is 12.4 Å². The SMILES string of the molecule is CCOC(=O)CC(N)c1cn2ccccc2n1. The lowest BCUT2D eigenvalue weighted by Crippen LogP contribution is -2.17. The molecule has 2 aromatic rings. The molecule has 0 aliphatic carbocycles. The van der Waals surface area contributed by atoms with Crippen molar-refractivity contribution in [2.75, 3.05) is 6.61 Å². The molecule has 1 atom stereocenters. The predicted octanol–water partition coefficient (Wildman–Crippen LogP) is 1.29. The lowest BCUT2D eigenvalue weighted by molar-refractivity contribution is -0.143. The van der Waals surface area contributed by atoms with Crippen molar-refractivity contribution in [1.29, 1.82) is 0 Å². The van der Waals surface area contributed by atoms with Gasteiger partial charge in [0.1, 0.15) is 5.65 Å². The Hall–Kier alpha value is -1.88. The van der Waals surface area contributed by atoms with E-state index in [2.05, 4.69) is 4.98 Å². The highest BCUT2D eigenvalue weighted by molar-refractivity contribution is 5.70. The Labute approximate surface area is 99.2 Å². The highest BCUT2D eigenvalue weighted by atomic mass is 16.5. The quantitative estimate of drug-likeness (QED) is 0.808. The van der Waals surface area contributed by atoms with Crippen LogP contribution >= 0.6 is 0 Å². The van der Waals surface area contributed by atoms with E-state index in [-0.39, 0.29) is 12.4 Å². The second-order valence-electron chi connectivity index (χ2n) is 3.75. The average Bonchev–Trinajstić information content (AvgIpc) is 2.72. The molecule has 0 aliphatic heterocycles. The summed E-state index contributed by atoms with van der Waals surface area (Å²) in [5, 5.41) is 0. The molecular formula is C12H15N3O2. The second-order valence-corrected chi connectivity index (χ2v) is 3.75. The summed E-state index contributed by atoms with van der Waals surface area (Å²) in [7, 11) is 0. The molecule has 2 rings (SSSR count). The summed E-state index contributed by atoms with van der Waals surface area (Å²) in [5.41, 5.74) is 7.43. The lowest BCUT2D eigenvalue weighted by atomic mass is 10.2. The van der Waals surface area contributed by atoms with Gasteiger partial charge in [0.2, 0.25) is 0 Å². The van der Waals surface area contributed by atoms with Crippen LogP contribution in [0, 0.1) is 0 Å². The van der Waals surface area contributed by atoms with E-state index in [1.807, 2.05) is 35.0 Å². The molecule has 0 radical (unpaired) electrons. The Bertz CT molecular complexity index is 488. The van der Waals surface area contributed by atoms with Gasteiger partial charge < -0.3 is 14.9 Å². The summed E-state index contributed by atoms with van der Waals surface area (Å²) < 4.78 is 6.73. The van der Waals surface area contributed by atoms with Gasteiger partial charge in [-0.25, -0.2) is 4.98 Å². The monoisotopic (exact) mass is 233 g/mol. The number of rotatable bonds is 4. The number of nitrogens with zero attached hydrogens (tertiary/aromatic N) is 2. The van der Waals surface area contributed by atoms with Gasteiger partial charge in [0.05, 0.1) is 24.8 Å². The van der Waals surface area contributed by atoms with Crippen molar-refractivity contribution >= 4 is 11.6 Å². The Morgan fingerprint density at radius 2 is 2.41 bits per heavy atom. The van der Waals surface area contributed by atoms with Crippen molar-refractivity contribution in [2.24, 2.45) is 5.73 Å². The van der Waals surface area contributed by atoms with Crippen molar-refractivity contribution < 1.29 is 9.53 Å². The molecule has 2 heterocycles. The summed E-state index contributed by atoms with van der Waals surface area (Å²) in [4.78, 5) is 15.7. The van der Waals surface area contributed by atoms with Gasteiger partial charge in [0.15, 0.2) is 0 Å². The fourth-order valence-corrected chi connectivity index (χ4v) is 1.64. The minimum absolute atomic E-state index is 0.151. The van der Waals surface area contributed by atoms with Gasteiger partial charge in [-0.1, -0.05) is 6.07 Å². The van der Waals surface area contributed by atoms with Gasteiger partial charge in [-0.05, 0) is 19.1 Å². The minimum Gasteiger partial charge on any atom is -0.466 e. The van der Waals surface area contributed by atoms with E-state index in [4.69, 9.17) is 10.5 Å². The first-order valence-electron chi connectivity index (χ1n) is 5.55. The summed E-state index contributed by atoms with van der Waals surface area (Å²) in [6.45, 7) is 2.14. The molecule has 2 N–H and O–H groups in total. The van der Waals surface area contributed by atoms with Crippen LogP contribution in [-0.4, -0.2) is 22.0 Å². The average molecular weight is 233 g/mol. The number of carbonyl (C=O) groups excluding carboxylic acids is 1. The van der Waals surface area contributed by atoms with Crippen LogP contribution in [-0.2, 0) is 9.53 Å². The molecule has 0 saturated heterocycles. The Balaban J connectivity index is 2.13. The zero-order valence-corrected chi connectivity index (χ0v) is 9.67. The zero-order valence-electron chi connectivity index (χ0n) is 9.67. The molecule has 90 valence electrons. The molecular weight excluding hydrogens is 218 g/mol. The molecule has 5 nitrogen and oxygen atoms in total. The molecule has 0 saturated carbocycles. The van der Waals surface area contributed by atoms with E-state index in [1.165, 1.54) is 0 Å². The van der Waals surface area contributed by atoms with Crippen LogP contribution in [0.25, 0.3) is 5.65 Å². The van der Waals surface area contributed by atoms with E-state index in [9.17, 15) is 4.79 Å². The van der Waals surface area contributed by atoms with E-state index < -0.39 is 6.04 Å². The second kappa shape index (κ2) is 4.97. The highest BCUT2D eigenvalue weighted by Crippen LogP contribution is 2.14. The van der Waals surface area contributed by atoms with Gasteiger partial charge in [0.25, 0.3) is 0 Å². The van der Waals surface area contributed by atoms with Crippen LogP contribution in [0.2, 0.25) is 0 Å². The molecule has 0 aromatic carbocycles. The first-order chi connectivity index (χ1) is 8.20. The van der Waals surface area contributed by atoms with E-state index in [1.54, 1.807) is 6.92 Å². The zero-order chi connectivity index (χ0) is 12.3. The lowest BCUT2D eigenvalue weighted by Gasteiger charge is -2.07. The maximum atomic E-state index is 11.3. The van der Waals surface area contributed by atoms with Gasteiger partial charge >= 0.3 is 5.97 Å². The number of pyridine rings is 1. The molecule has 0 aliphatic rings. The van der Waals surface area contributed by atoms with Crippen molar-refractivity contribution in [1.82, 2.24) is 9.38 Å². The number of hydrogen-bond acceptors (Lipinski definition) is 4. The topological polar surface area (TPSA) is 69.6 Å². The maximum absolute atomic E-state index is 11.3. The van der Waals surface area contributed by atoms with Crippen LogP contribution in [0.15, 0.2) is 30.6 Å². The van der Waals surface area contributed by atoms with Gasteiger partial charge in [-0.3, -0.25) is 4.79 Å². The number of nitrogens with two attached hydrogens (primary N) is 1. The third-order valence-corrected chi connectivity index (χ3v) is 2.45. The molecule has 0 spiro atoms. The number of esters is 1. The standard InChI is InChI=1S/C12H15N3O2/c1-2-17-12(16)7-9(13)10-8-15-6-4-3-5-11(15)14-10/h3-6,8-9H,2,7,13H2,1H3. The summed E-state index contributed by atoms with van der Waals surface area (Å²) in [6, 6.07) is 5.28. The largest absolute Gasteiger partial charge is 0.466 e. The van der Waals surface area contributed by atoms with E-state index >= 15 is 0 Å². The van der Waals surface area contributed by atoms with Crippen LogP contribution in [0.5, 0.6) is 0 Å². The Morgan fingerprint density at radius 1 is 1.59 bits per heavy atom. The van der Waals surface area contributed by atoms with Crippen LogP contribution in [0.3, 0.4) is 0 Å². The maximum Gasteiger partial charge on any atom is 0.307 e. The van der Waals surface area contributed by atoms with Crippen molar-refractivity contribution in [3.63, 3.8) is 0 Å². The molecule has 0 bridgehead atoms. The van der Waals surface area contributed by atoms with Crippen LogP contribution < -0.4 is 5.73 Å². The first kappa shape index (κ1) is 11.6. The van der Waals surface area contributed by atoms with E-state index in [0.29, 0.717) is 12.3 Å². The molecule has 0 fully saturated rings. The number of fused-ring (bicyclic) bond motifs is 1. The van der Waals surface area contributed by atoms with Crippen molar-refractivity contribution in [3.8, 4) is 0 Å². The number of carbonyl (C=O) groups is 1. The molecule has 17 heavy (non-hydrogen) atoms. The number of imidazole rings is 1. The highest BCUT2D eigenvalue weighted by Gasteiger charge is 2.15.